The number of hydrogen-bond donors (Lipinski definition) is 4. The molecule has 2 saturated carbocycles. The summed E-state index contributed by atoms with van der Waals surface area (Å²) in [7, 11) is 12.7. The van der Waals surface area contributed by atoms with Crippen molar-refractivity contribution in [2.45, 2.75) is 228 Å². The summed E-state index contributed by atoms with van der Waals surface area (Å²) in [6.07, 6.45) is 6.03. The Balaban J connectivity index is 0.000000344. The third kappa shape index (κ3) is 21.5. The minimum atomic E-state index is -1.04. The fraction of sp³-hybridized carbons (Fsp3) is 0.703. The van der Waals surface area contributed by atoms with E-state index >= 15 is 0 Å². The molecule has 4 fully saturated rings. The van der Waals surface area contributed by atoms with E-state index < -0.39 is 105 Å². The minimum absolute atomic E-state index is 0.0532. The van der Waals surface area contributed by atoms with Crippen LogP contribution in [0.5, 0.6) is 0 Å². The Kier molecular flexibility index (Phi) is 37.1. The number of hydrogen-bond acceptors (Lipinski definition) is 26. The van der Waals surface area contributed by atoms with Gasteiger partial charge in [0.15, 0.2) is 0 Å². The number of aliphatic hydroxyl groups is 4. The Bertz CT molecular complexity index is 3800. The molecule has 4 bridgehead atoms. The molecule has 6 aliphatic rings. The van der Waals surface area contributed by atoms with Crippen LogP contribution in [0.4, 0.5) is 9.59 Å². The lowest BCUT2D eigenvalue weighted by molar-refractivity contribution is -0.159. The number of aliphatic hydroxyl groups excluding tert-OH is 4. The maximum absolute atomic E-state index is 12.3. The smallest absolute Gasteiger partial charge is 0.336 e. The second-order valence-corrected chi connectivity index (χ2v) is 27.8. The number of methoxy groups -OCH3 is 4. The molecule has 36 nitrogen and oxygen atoms in total. The number of carbonyl (C=O) groups is 10. The molecular weight excluding hydrogens is 1440 g/mol. The SMILES string of the molecule is C=CCn1c(=O)n(CC(O)CC)c(=O)n(CC(O)CC)c1=O.CCC(O)Cn1c(=O)n(C)c(=O)n(CC(O)CC)c1=O.CCC1(CC)C(=O)N(C)C(=O)N(C)C1=O.CCC1(CC)C(=O)N(C)C(=O)N(C)C1=O.COCC(C)OC(=O)C1=C(C(=O)OC)C2CCC1C2.COCC(C)OC(=O)C1=C(C(=O)OC)C2CCC1C2. The molecule has 2 aliphatic heterocycles. The van der Waals surface area contributed by atoms with Crippen molar-refractivity contribution in [1.29, 1.82) is 0 Å². The van der Waals surface area contributed by atoms with E-state index in [-0.39, 0.29) is 92.2 Å². The highest BCUT2D eigenvalue weighted by molar-refractivity contribution is 6.19. The Labute approximate surface area is 638 Å². The van der Waals surface area contributed by atoms with E-state index in [4.69, 9.17) is 28.4 Å². The van der Waals surface area contributed by atoms with Gasteiger partial charge >= 0.3 is 70.1 Å². The largest absolute Gasteiger partial charge is 0.466 e. The van der Waals surface area contributed by atoms with Crippen LogP contribution in [0, 0.1) is 34.5 Å². The zero-order valence-corrected chi connectivity index (χ0v) is 67.1. The Morgan fingerprint density at radius 2 is 0.645 bits per heavy atom. The number of esters is 4. The zero-order valence-electron chi connectivity index (χ0n) is 67.1. The second-order valence-electron chi connectivity index (χ2n) is 27.8. The van der Waals surface area contributed by atoms with Crippen molar-refractivity contribution >= 4 is 59.6 Å². The second kappa shape index (κ2) is 42.9. The van der Waals surface area contributed by atoms with Crippen molar-refractivity contribution in [3.05, 3.63) is 97.9 Å². The highest BCUT2D eigenvalue weighted by Gasteiger charge is 2.55. The van der Waals surface area contributed by atoms with E-state index in [0.717, 1.165) is 85.5 Å². The van der Waals surface area contributed by atoms with Crippen LogP contribution in [-0.2, 0) is 107 Å². The van der Waals surface area contributed by atoms with Crippen molar-refractivity contribution in [3.63, 3.8) is 0 Å². The first-order chi connectivity index (χ1) is 51.7. The zero-order chi connectivity index (χ0) is 83.9. The predicted octanol–water partition coefficient (Wildman–Crippen LogP) is 1.76. The van der Waals surface area contributed by atoms with Crippen LogP contribution in [-0.4, -0.2) is 233 Å². The maximum atomic E-state index is 12.3. The number of rotatable bonds is 28. The molecule has 618 valence electrons. The van der Waals surface area contributed by atoms with Gasteiger partial charge < -0.3 is 48.8 Å². The summed E-state index contributed by atoms with van der Waals surface area (Å²) >= 11 is 0. The highest BCUT2D eigenvalue weighted by atomic mass is 16.6. The number of aromatic nitrogens is 6. The quantitative estimate of drug-likeness (QED) is 0.0408. The van der Waals surface area contributed by atoms with Gasteiger partial charge in [0.1, 0.15) is 23.0 Å². The summed E-state index contributed by atoms with van der Waals surface area (Å²) in [6, 6.07) is -1.11. The molecule has 2 aromatic rings. The Hall–Kier alpha value is -9.10. The molecule has 110 heavy (non-hydrogen) atoms. The van der Waals surface area contributed by atoms with Crippen molar-refractivity contribution in [3.8, 4) is 0 Å². The fourth-order valence-corrected chi connectivity index (χ4v) is 13.9. The number of imide groups is 4. The molecule has 4 heterocycles. The van der Waals surface area contributed by atoms with Gasteiger partial charge in [-0.1, -0.05) is 61.5 Å². The van der Waals surface area contributed by atoms with Gasteiger partial charge in [-0.3, -0.25) is 38.8 Å². The molecule has 4 aliphatic carbocycles. The van der Waals surface area contributed by atoms with Crippen LogP contribution >= 0.6 is 0 Å². The lowest BCUT2D eigenvalue weighted by Gasteiger charge is -2.40. The summed E-state index contributed by atoms with van der Waals surface area (Å²) in [5.74, 6) is -2.48. The number of fused-ring (bicyclic) bond motifs is 4. The van der Waals surface area contributed by atoms with E-state index in [1.165, 1.54) is 55.5 Å². The number of barbiturate groups is 2. The first kappa shape index (κ1) is 95.1. The third-order valence-electron chi connectivity index (χ3n) is 20.8. The maximum Gasteiger partial charge on any atom is 0.336 e. The number of ether oxygens (including phenoxy) is 6. The molecule has 2 aromatic heterocycles. The normalized spacial score (nSPS) is 20.3. The number of allylic oxidation sites excluding steroid dienone is 1. The number of urea groups is 2. The molecule has 8 amide bonds. The van der Waals surface area contributed by atoms with E-state index in [9.17, 15) is 97.1 Å². The third-order valence-corrected chi connectivity index (χ3v) is 20.8. The molecule has 4 N–H and O–H groups in total. The summed E-state index contributed by atoms with van der Waals surface area (Å²) in [4.78, 5) is 196. The Morgan fingerprint density at radius 1 is 0.409 bits per heavy atom. The van der Waals surface area contributed by atoms with Gasteiger partial charge in [-0.25, -0.2) is 84.9 Å². The molecule has 0 aromatic carbocycles. The van der Waals surface area contributed by atoms with E-state index in [0.29, 0.717) is 86.9 Å². The lowest BCUT2D eigenvalue weighted by atomic mass is 9.78. The van der Waals surface area contributed by atoms with Gasteiger partial charge in [0.25, 0.3) is 0 Å². The molecule has 8 rings (SSSR count). The van der Waals surface area contributed by atoms with Crippen molar-refractivity contribution in [1.82, 2.24) is 47.0 Å². The molecule has 2 saturated heterocycles. The molecule has 0 radical (unpaired) electrons. The predicted molar refractivity (Wildman–Crippen MR) is 397 cm³/mol. The highest BCUT2D eigenvalue weighted by Crippen LogP contribution is 2.50. The van der Waals surface area contributed by atoms with Crippen molar-refractivity contribution < 1.29 is 96.8 Å². The number of amides is 8. The van der Waals surface area contributed by atoms with Gasteiger partial charge in [-0.05, 0) is 127 Å². The van der Waals surface area contributed by atoms with Crippen LogP contribution < -0.4 is 34.1 Å². The average Bonchev–Trinajstić information content (AvgIpc) is 1.14. The van der Waals surface area contributed by atoms with Gasteiger partial charge in [0.05, 0.1) is 107 Å². The summed E-state index contributed by atoms with van der Waals surface area (Å²) in [5, 5.41) is 38.6. The van der Waals surface area contributed by atoms with Crippen LogP contribution in [0.15, 0.2) is 63.7 Å². The van der Waals surface area contributed by atoms with Gasteiger partial charge in [0.2, 0.25) is 23.6 Å². The average molecular weight is 1560 g/mol. The first-order valence-corrected chi connectivity index (χ1v) is 37.1. The number of carbonyl (C=O) groups excluding carboxylic acids is 10. The molecule has 0 spiro atoms. The van der Waals surface area contributed by atoms with Crippen LogP contribution in [0.25, 0.3) is 0 Å². The Morgan fingerprint density at radius 3 is 0.864 bits per heavy atom. The summed E-state index contributed by atoms with van der Waals surface area (Å²) < 4.78 is 35.0. The minimum Gasteiger partial charge on any atom is -0.466 e. The molecule has 10 unspecified atom stereocenters. The topological polar surface area (TPSA) is 452 Å². The van der Waals surface area contributed by atoms with Crippen molar-refractivity contribution in [2.24, 2.45) is 41.5 Å². The summed E-state index contributed by atoms with van der Waals surface area (Å²) in [6.45, 7) is 20.9. The molecule has 10 atom stereocenters. The van der Waals surface area contributed by atoms with Crippen molar-refractivity contribution in [2.75, 3.05) is 69.8 Å². The fourth-order valence-electron chi connectivity index (χ4n) is 13.9. The lowest BCUT2D eigenvalue weighted by Crippen LogP contribution is -2.62. The first-order valence-electron chi connectivity index (χ1n) is 37.1. The molecule has 36 heteroatoms. The summed E-state index contributed by atoms with van der Waals surface area (Å²) in [5.41, 5.74) is -4.69. The van der Waals surface area contributed by atoms with Gasteiger partial charge in [0, 0.05) is 49.5 Å². The standard InChI is InChI=1S/C14H23N3O5.2C14H20O5.C12H21N3O5.2C10H16N2O3/c1-4-7-15-12(20)16(8-10(18)5-2)14(22)17(13(15)21)9-11(19)6-3;2*1-8(7-17-2)19-14(16)12-10-5-4-9(6-10)11(12)13(15)18-3;1-4-8(16)6-14-10(18)13(3)11(19)15(12(14)20)7-9(17)5-2;2*1-5-10(6-2)7(13)11(3)9(15)12(4)8(10)14/h4,10-11,18-19H,1,5-9H2,2-3H3;2*8-10H,4-7H2,1-3H3;8-9,16-17H,4-7H2,1-3H3;2*5-6H2,1-4H3. The molecular formula is C74H116N10O26. The van der Waals surface area contributed by atoms with Gasteiger partial charge in [-0.2, -0.15) is 0 Å². The van der Waals surface area contributed by atoms with E-state index in [2.05, 4.69) is 6.58 Å². The van der Waals surface area contributed by atoms with Crippen LogP contribution in [0.3, 0.4) is 0 Å². The monoisotopic (exact) mass is 1560 g/mol. The van der Waals surface area contributed by atoms with E-state index in [1.807, 2.05) is 0 Å². The van der Waals surface area contributed by atoms with Crippen LogP contribution in [0.2, 0.25) is 0 Å². The number of nitrogens with zero attached hydrogens (tertiary/aromatic N) is 10. The van der Waals surface area contributed by atoms with E-state index in [1.54, 1.807) is 83.5 Å². The van der Waals surface area contributed by atoms with Gasteiger partial charge in [-0.15, -0.1) is 6.58 Å². The van der Waals surface area contributed by atoms with Crippen LogP contribution in [0.1, 0.15) is 159 Å².